The Bertz CT molecular complexity index is 781. The van der Waals surface area contributed by atoms with E-state index in [2.05, 4.69) is 19.9 Å². The third-order valence-corrected chi connectivity index (χ3v) is 2.74. The molecule has 104 valence electrons. The summed E-state index contributed by atoms with van der Waals surface area (Å²) >= 11 is 0. The van der Waals surface area contributed by atoms with Gasteiger partial charge in [-0.05, 0) is 25.1 Å². The maximum Gasteiger partial charge on any atom is 0.312 e. The van der Waals surface area contributed by atoms with E-state index in [4.69, 9.17) is 4.42 Å². The van der Waals surface area contributed by atoms with Crippen LogP contribution in [0.5, 0.6) is 5.95 Å². The summed E-state index contributed by atoms with van der Waals surface area (Å²) in [5.74, 6) is 0.351. The fourth-order valence-corrected chi connectivity index (χ4v) is 1.73. The third kappa shape index (κ3) is 2.94. The molecule has 6 nitrogen and oxygen atoms in total. The molecule has 0 radical (unpaired) electrons. The molecule has 21 heavy (non-hydrogen) atoms. The van der Waals surface area contributed by atoms with Crippen LogP contribution in [0.25, 0.3) is 11.5 Å². The van der Waals surface area contributed by atoms with Crippen molar-refractivity contribution in [1.82, 2.24) is 15.0 Å². The molecule has 0 saturated carbocycles. The molecule has 0 aliphatic rings. The number of nitrogens with zero attached hydrogens (tertiary/aromatic N) is 4. The van der Waals surface area contributed by atoms with Gasteiger partial charge in [0.2, 0.25) is 11.8 Å². The first kappa shape index (κ1) is 13.0. The Morgan fingerprint density at radius 2 is 1.95 bits per heavy atom. The van der Waals surface area contributed by atoms with E-state index in [1.54, 1.807) is 12.3 Å². The van der Waals surface area contributed by atoms with E-state index in [-0.39, 0.29) is 11.6 Å². The number of aryl methyl sites for hydroxylation is 1. The Morgan fingerprint density at radius 3 is 2.71 bits per heavy atom. The van der Waals surface area contributed by atoms with E-state index in [0.29, 0.717) is 11.8 Å². The van der Waals surface area contributed by atoms with Crippen molar-refractivity contribution >= 4 is 12.2 Å². The van der Waals surface area contributed by atoms with Gasteiger partial charge >= 0.3 is 5.95 Å². The van der Waals surface area contributed by atoms with Crippen LogP contribution in [0.15, 0.2) is 52.0 Å². The summed E-state index contributed by atoms with van der Waals surface area (Å²) in [6, 6.07) is 11.1. The van der Waals surface area contributed by atoms with Gasteiger partial charge < -0.3 is 9.52 Å². The lowest BCUT2D eigenvalue weighted by Gasteiger charge is -1.92. The molecule has 0 fully saturated rings. The largest absolute Gasteiger partial charge is 0.479 e. The first-order valence-electron chi connectivity index (χ1n) is 6.31. The number of oxazole rings is 1. The standard InChI is InChI=1S/C15H12N4O2/c1-10-7-8-16-15(18-10)17-9-12-14(20)21-13(19-12)11-5-3-2-4-6-11/h2-9,20H,1H3/b17-9+. The number of aromatic hydroxyl groups is 1. The quantitative estimate of drug-likeness (QED) is 0.746. The number of hydrogen-bond acceptors (Lipinski definition) is 6. The monoisotopic (exact) mass is 280 g/mol. The molecular weight excluding hydrogens is 268 g/mol. The van der Waals surface area contributed by atoms with E-state index in [1.165, 1.54) is 6.21 Å². The molecular formula is C15H12N4O2. The first-order valence-corrected chi connectivity index (χ1v) is 6.31. The number of benzene rings is 1. The highest BCUT2D eigenvalue weighted by Gasteiger charge is 2.11. The normalized spacial score (nSPS) is 11.1. The van der Waals surface area contributed by atoms with Crippen LogP contribution < -0.4 is 0 Å². The fourth-order valence-electron chi connectivity index (χ4n) is 1.73. The number of aromatic nitrogens is 3. The van der Waals surface area contributed by atoms with Crippen molar-refractivity contribution < 1.29 is 9.52 Å². The average Bonchev–Trinajstić information content (AvgIpc) is 2.87. The molecule has 0 aliphatic carbocycles. The summed E-state index contributed by atoms with van der Waals surface area (Å²) in [6.45, 7) is 1.85. The maximum atomic E-state index is 9.76. The summed E-state index contributed by atoms with van der Waals surface area (Å²) in [5.41, 5.74) is 1.82. The zero-order valence-corrected chi connectivity index (χ0v) is 11.3. The van der Waals surface area contributed by atoms with Gasteiger partial charge in [0.25, 0.3) is 0 Å². The second kappa shape index (κ2) is 5.54. The molecule has 0 bridgehead atoms. The summed E-state index contributed by atoms with van der Waals surface area (Å²) in [4.78, 5) is 16.4. The van der Waals surface area contributed by atoms with Gasteiger partial charge in [-0.1, -0.05) is 18.2 Å². The smallest absolute Gasteiger partial charge is 0.312 e. The minimum Gasteiger partial charge on any atom is -0.479 e. The van der Waals surface area contributed by atoms with Crippen molar-refractivity contribution in [2.75, 3.05) is 0 Å². The Kier molecular flexibility index (Phi) is 3.42. The van der Waals surface area contributed by atoms with E-state index in [1.807, 2.05) is 37.3 Å². The fraction of sp³-hybridized carbons (Fsp3) is 0.0667. The zero-order valence-electron chi connectivity index (χ0n) is 11.3. The summed E-state index contributed by atoms with van der Waals surface area (Å²) in [5, 5.41) is 9.76. The number of aliphatic imine (C=N–C) groups is 1. The van der Waals surface area contributed by atoms with Crippen molar-refractivity contribution in [2.45, 2.75) is 6.92 Å². The van der Waals surface area contributed by atoms with Gasteiger partial charge in [0.1, 0.15) is 0 Å². The van der Waals surface area contributed by atoms with E-state index < -0.39 is 0 Å². The van der Waals surface area contributed by atoms with Crippen molar-refractivity contribution in [3.05, 3.63) is 54.0 Å². The number of hydrogen-bond donors (Lipinski definition) is 1. The molecule has 6 heteroatoms. The molecule has 0 atom stereocenters. The topological polar surface area (TPSA) is 84.4 Å². The van der Waals surface area contributed by atoms with Crippen LogP contribution in [0.1, 0.15) is 11.4 Å². The molecule has 3 aromatic rings. The van der Waals surface area contributed by atoms with Crippen LogP contribution in [0.4, 0.5) is 5.95 Å². The zero-order chi connectivity index (χ0) is 14.7. The minimum atomic E-state index is -0.287. The predicted octanol–water partition coefficient (Wildman–Crippen LogP) is 2.90. The molecule has 2 aromatic heterocycles. The van der Waals surface area contributed by atoms with Gasteiger partial charge in [-0.15, -0.1) is 0 Å². The molecule has 0 saturated heterocycles. The molecule has 1 N–H and O–H groups in total. The SMILES string of the molecule is Cc1ccnc(/N=C/c2nc(-c3ccccc3)oc2O)n1. The summed E-state index contributed by atoms with van der Waals surface area (Å²) in [6.07, 6.45) is 2.99. The van der Waals surface area contributed by atoms with Crippen molar-refractivity contribution in [3.8, 4) is 17.4 Å². The second-order valence-corrected chi connectivity index (χ2v) is 4.33. The Morgan fingerprint density at radius 1 is 1.14 bits per heavy atom. The third-order valence-electron chi connectivity index (χ3n) is 2.74. The lowest BCUT2D eigenvalue weighted by Crippen LogP contribution is -1.86. The van der Waals surface area contributed by atoms with E-state index in [0.717, 1.165) is 11.3 Å². The molecule has 0 aliphatic heterocycles. The minimum absolute atomic E-state index is 0.235. The van der Waals surface area contributed by atoms with Crippen molar-refractivity contribution in [2.24, 2.45) is 4.99 Å². The maximum absolute atomic E-state index is 9.76. The molecule has 0 amide bonds. The van der Waals surface area contributed by atoms with Crippen LogP contribution in [0.3, 0.4) is 0 Å². The average molecular weight is 280 g/mol. The Balaban J connectivity index is 1.88. The first-order chi connectivity index (χ1) is 10.2. The Labute approximate surface area is 120 Å². The van der Waals surface area contributed by atoms with Crippen LogP contribution in [-0.4, -0.2) is 26.3 Å². The predicted molar refractivity (Wildman–Crippen MR) is 77.6 cm³/mol. The lowest BCUT2D eigenvalue weighted by atomic mass is 10.2. The lowest BCUT2D eigenvalue weighted by molar-refractivity contribution is 0.337. The summed E-state index contributed by atoms with van der Waals surface area (Å²) in [7, 11) is 0. The van der Waals surface area contributed by atoms with Crippen molar-refractivity contribution in [3.63, 3.8) is 0 Å². The molecule has 0 spiro atoms. The molecule has 1 aromatic carbocycles. The molecule has 3 rings (SSSR count). The molecule has 0 unspecified atom stereocenters. The number of rotatable bonds is 3. The second-order valence-electron chi connectivity index (χ2n) is 4.33. The van der Waals surface area contributed by atoms with E-state index >= 15 is 0 Å². The van der Waals surface area contributed by atoms with Gasteiger partial charge in [-0.25, -0.2) is 19.9 Å². The van der Waals surface area contributed by atoms with Gasteiger partial charge in [-0.3, -0.25) is 0 Å². The molecule has 2 heterocycles. The highest BCUT2D eigenvalue weighted by Crippen LogP contribution is 2.25. The highest BCUT2D eigenvalue weighted by atomic mass is 16.5. The highest BCUT2D eigenvalue weighted by molar-refractivity contribution is 5.82. The van der Waals surface area contributed by atoms with Gasteiger partial charge in [-0.2, -0.15) is 0 Å². The van der Waals surface area contributed by atoms with Crippen LogP contribution in [0, 0.1) is 6.92 Å². The van der Waals surface area contributed by atoms with Crippen LogP contribution in [0.2, 0.25) is 0 Å². The van der Waals surface area contributed by atoms with Crippen molar-refractivity contribution in [1.29, 1.82) is 0 Å². The summed E-state index contributed by atoms with van der Waals surface area (Å²) < 4.78 is 5.23. The van der Waals surface area contributed by atoms with Gasteiger partial charge in [0, 0.05) is 17.5 Å². The van der Waals surface area contributed by atoms with Gasteiger partial charge in [0.15, 0.2) is 5.69 Å². The van der Waals surface area contributed by atoms with Crippen LogP contribution in [-0.2, 0) is 0 Å². The van der Waals surface area contributed by atoms with Crippen LogP contribution >= 0.6 is 0 Å². The van der Waals surface area contributed by atoms with E-state index in [9.17, 15) is 5.11 Å². The van der Waals surface area contributed by atoms with Gasteiger partial charge in [0.05, 0.1) is 6.21 Å². The Hall–Kier alpha value is -3.02.